The minimum Gasteiger partial charge on any atom is -0.264 e. The Balaban J connectivity index is 0.887. The first-order valence-corrected chi connectivity index (χ1v) is 17.2. The summed E-state index contributed by atoms with van der Waals surface area (Å²) >= 11 is 0. The summed E-state index contributed by atoms with van der Waals surface area (Å²) in [6, 6.07) is 33.3. The molecular formula is C43H43N3. The number of hydrogen-bond acceptors (Lipinski definition) is 3. The van der Waals surface area contributed by atoms with Crippen LogP contribution in [0, 0.1) is 0 Å². The minimum atomic E-state index is -0.300. The molecule has 0 radical (unpaired) electrons. The average molecular weight is 602 g/mol. The van der Waals surface area contributed by atoms with E-state index in [0.29, 0.717) is 0 Å². The van der Waals surface area contributed by atoms with Crippen LogP contribution in [0.4, 0.5) is 0 Å². The maximum absolute atomic E-state index is 4.51. The lowest BCUT2D eigenvalue weighted by molar-refractivity contribution is 0.490. The Bertz CT molecular complexity index is 1860. The van der Waals surface area contributed by atoms with Crippen molar-refractivity contribution in [2.75, 3.05) is 0 Å². The molecule has 0 fully saturated rings. The highest BCUT2D eigenvalue weighted by atomic mass is 14.7. The molecule has 0 saturated carbocycles. The van der Waals surface area contributed by atoms with Crippen LogP contribution in [0.15, 0.2) is 128 Å². The zero-order valence-corrected chi connectivity index (χ0v) is 26.7. The second-order valence-corrected chi connectivity index (χ2v) is 12.9. The van der Waals surface area contributed by atoms with Crippen LogP contribution in [0.2, 0.25) is 0 Å². The number of benzene rings is 4. The van der Waals surface area contributed by atoms with Gasteiger partial charge in [0.25, 0.3) is 0 Å². The summed E-state index contributed by atoms with van der Waals surface area (Å²) in [5.74, 6) is 0. The number of unbranched alkanes of at least 4 members (excludes halogenated alkanes) is 8. The summed E-state index contributed by atoms with van der Waals surface area (Å²) in [5.41, 5.74) is 4.82. The summed E-state index contributed by atoms with van der Waals surface area (Å²) in [6.07, 6.45) is 25.4. The largest absolute Gasteiger partial charge is 0.264 e. The van der Waals surface area contributed by atoms with E-state index in [4.69, 9.17) is 0 Å². The Morgan fingerprint density at radius 1 is 0.413 bits per heavy atom. The molecule has 0 aliphatic rings. The fourth-order valence-electron chi connectivity index (χ4n) is 7.74. The maximum atomic E-state index is 4.51. The summed E-state index contributed by atoms with van der Waals surface area (Å²) in [5, 5.41) is 8.38. The van der Waals surface area contributed by atoms with Crippen LogP contribution >= 0.6 is 0 Å². The van der Waals surface area contributed by atoms with Crippen LogP contribution in [-0.2, 0) is 11.8 Å². The van der Waals surface area contributed by atoms with Gasteiger partial charge in [0.15, 0.2) is 0 Å². The molecule has 3 aromatic heterocycles. The van der Waals surface area contributed by atoms with E-state index in [-0.39, 0.29) is 5.41 Å². The Hall–Kier alpha value is -4.63. The molecule has 0 N–H and O–H groups in total. The Morgan fingerprint density at radius 2 is 0.891 bits per heavy atom. The third-order valence-corrected chi connectivity index (χ3v) is 10.1. The van der Waals surface area contributed by atoms with Crippen LogP contribution in [-0.4, -0.2) is 15.0 Å². The lowest BCUT2D eigenvalue weighted by Gasteiger charge is -2.35. The highest BCUT2D eigenvalue weighted by Crippen LogP contribution is 2.43. The first-order valence-electron chi connectivity index (χ1n) is 17.2. The quantitative estimate of drug-likeness (QED) is 0.0867. The van der Waals surface area contributed by atoms with E-state index in [9.17, 15) is 0 Å². The Kier molecular flexibility index (Phi) is 9.28. The number of nitrogens with zero attached hydrogens (tertiary/aromatic N) is 3. The summed E-state index contributed by atoms with van der Waals surface area (Å²) in [7, 11) is 0. The van der Waals surface area contributed by atoms with Crippen molar-refractivity contribution in [2.24, 2.45) is 0 Å². The van der Waals surface area contributed by atoms with Crippen molar-refractivity contribution < 1.29 is 0 Å². The molecule has 46 heavy (non-hydrogen) atoms. The highest BCUT2D eigenvalue weighted by Gasteiger charge is 2.36. The molecule has 3 heteroatoms. The molecule has 0 amide bonds. The smallest absolute Gasteiger partial charge is 0.0496 e. The normalized spacial score (nSPS) is 12.0. The van der Waals surface area contributed by atoms with Gasteiger partial charge in [-0.15, -0.1) is 0 Å². The summed E-state index contributed by atoms with van der Waals surface area (Å²) in [4.78, 5) is 13.5. The van der Waals surface area contributed by atoms with Gasteiger partial charge < -0.3 is 0 Å². The van der Waals surface area contributed by atoms with E-state index in [1.807, 2.05) is 55.4 Å². The molecule has 7 aromatic rings. The fraction of sp³-hybridized carbons (Fsp3) is 0.279. The molecule has 0 spiro atoms. The van der Waals surface area contributed by atoms with Gasteiger partial charge in [-0.2, -0.15) is 0 Å². The number of aryl methyl sites for hydroxylation is 1. The molecule has 0 unspecified atom stereocenters. The molecule has 230 valence electrons. The van der Waals surface area contributed by atoms with Gasteiger partial charge in [-0.1, -0.05) is 124 Å². The second-order valence-electron chi connectivity index (χ2n) is 12.9. The van der Waals surface area contributed by atoms with E-state index in [1.165, 1.54) is 112 Å². The van der Waals surface area contributed by atoms with Gasteiger partial charge in [-0.25, -0.2) is 0 Å². The van der Waals surface area contributed by atoms with Gasteiger partial charge in [-0.3, -0.25) is 15.0 Å². The highest BCUT2D eigenvalue weighted by molar-refractivity contribution is 6.23. The molecule has 0 atom stereocenters. The van der Waals surface area contributed by atoms with E-state index >= 15 is 0 Å². The second kappa shape index (κ2) is 14.2. The fourth-order valence-corrected chi connectivity index (χ4v) is 7.74. The van der Waals surface area contributed by atoms with Crippen molar-refractivity contribution in [3.8, 4) is 0 Å². The van der Waals surface area contributed by atoms with E-state index < -0.39 is 0 Å². The van der Waals surface area contributed by atoms with E-state index in [2.05, 4.69) is 87.7 Å². The van der Waals surface area contributed by atoms with Gasteiger partial charge in [-0.05, 0) is 92.0 Å². The SMILES string of the molecule is c1cncc(C(CCCCCCCCCCCc2ccc3ccc4cccc5ccc2c3c45)(c2cccnc2)c2cccnc2)c1. The summed E-state index contributed by atoms with van der Waals surface area (Å²) in [6.45, 7) is 0. The molecule has 0 aliphatic carbocycles. The van der Waals surface area contributed by atoms with Crippen LogP contribution in [0.1, 0.15) is 86.5 Å². The lowest BCUT2D eigenvalue weighted by atomic mass is 9.68. The number of rotatable bonds is 15. The number of pyridine rings is 3. The van der Waals surface area contributed by atoms with Gasteiger partial charge in [0.05, 0.1) is 0 Å². The average Bonchev–Trinajstić information content (AvgIpc) is 3.13. The predicted octanol–water partition coefficient (Wildman–Crippen LogP) is 11.2. The molecule has 7 rings (SSSR count). The van der Waals surface area contributed by atoms with Crippen molar-refractivity contribution in [2.45, 2.75) is 76.0 Å². The van der Waals surface area contributed by atoms with Crippen molar-refractivity contribution in [1.29, 1.82) is 0 Å². The topological polar surface area (TPSA) is 38.7 Å². The Labute approximate surface area is 273 Å². The van der Waals surface area contributed by atoms with Crippen molar-refractivity contribution in [3.05, 3.63) is 150 Å². The first-order chi connectivity index (χ1) is 22.8. The van der Waals surface area contributed by atoms with Gasteiger partial charge in [0.2, 0.25) is 0 Å². The molecular weight excluding hydrogens is 558 g/mol. The zero-order chi connectivity index (χ0) is 31.0. The lowest BCUT2D eigenvalue weighted by Crippen LogP contribution is -2.30. The molecule has 0 aliphatic heterocycles. The molecule has 0 saturated heterocycles. The van der Waals surface area contributed by atoms with Crippen LogP contribution < -0.4 is 0 Å². The van der Waals surface area contributed by atoms with E-state index in [0.717, 1.165) is 12.8 Å². The van der Waals surface area contributed by atoms with Crippen LogP contribution in [0.25, 0.3) is 32.3 Å². The predicted molar refractivity (Wildman–Crippen MR) is 193 cm³/mol. The zero-order valence-electron chi connectivity index (χ0n) is 26.7. The first kappa shape index (κ1) is 30.0. The maximum Gasteiger partial charge on any atom is 0.0496 e. The molecule has 3 nitrogen and oxygen atoms in total. The summed E-state index contributed by atoms with van der Waals surface area (Å²) < 4.78 is 0. The minimum absolute atomic E-state index is 0.300. The van der Waals surface area contributed by atoms with Crippen LogP contribution in [0.3, 0.4) is 0 Å². The van der Waals surface area contributed by atoms with Gasteiger partial charge >= 0.3 is 0 Å². The third-order valence-electron chi connectivity index (χ3n) is 10.1. The van der Waals surface area contributed by atoms with Crippen molar-refractivity contribution in [3.63, 3.8) is 0 Å². The molecule has 3 heterocycles. The number of hydrogen-bond donors (Lipinski definition) is 0. The van der Waals surface area contributed by atoms with Gasteiger partial charge in [0.1, 0.15) is 0 Å². The van der Waals surface area contributed by atoms with Gasteiger partial charge in [0, 0.05) is 42.6 Å². The monoisotopic (exact) mass is 601 g/mol. The Morgan fingerprint density at radius 3 is 1.43 bits per heavy atom. The molecule has 0 bridgehead atoms. The van der Waals surface area contributed by atoms with E-state index in [1.54, 1.807) is 0 Å². The van der Waals surface area contributed by atoms with Crippen molar-refractivity contribution >= 4 is 32.3 Å². The van der Waals surface area contributed by atoms with Crippen LogP contribution in [0.5, 0.6) is 0 Å². The number of aromatic nitrogens is 3. The third kappa shape index (κ3) is 6.11. The van der Waals surface area contributed by atoms with Crippen molar-refractivity contribution in [1.82, 2.24) is 15.0 Å². The standard InChI is InChI=1S/C43H43N3/c1(2-4-6-8-14-33-20-21-36-23-22-34-15-10-16-35-24-25-40(33)42(36)41(34)35)3-5-7-9-26-43(37-17-11-27-44-30-37,38-18-12-28-45-31-38)39-19-13-29-46-32-39/h10-13,15-25,27-32H,1-9,14,26H2. The molecule has 4 aromatic carbocycles.